The van der Waals surface area contributed by atoms with Crippen LogP contribution < -0.4 is 0 Å². The van der Waals surface area contributed by atoms with Gasteiger partial charge in [-0.2, -0.15) is 8.42 Å². The Balaban J connectivity index is 3.22. The topological polar surface area (TPSA) is 74.6 Å². The van der Waals surface area contributed by atoms with Crippen molar-refractivity contribution in [2.24, 2.45) is 0 Å². The van der Waals surface area contributed by atoms with Crippen molar-refractivity contribution in [3.63, 3.8) is 0 Å². The summed E-state index contributed by atoms with van der Waals surface area (Å²) in [5.41, 5.74) is 0. The molecule has 0 radical (unpaired) electrons. The highest BCUT2D eigenvalue weighted by molar-refractivity contribution is 7.86. The van der Waals surface area contributed by atoms with Crippen molar-refractivity contribution in [1.82, 2.24) is 0 Å². The van der Waals surface area contributed by atoms with Crippen LogP contribution in [0, 0.1) is 0 Å². The van der Waals surface area contributed by atoms with Gasteiger partial charge in [0.2, 0.25) is 0 Å². The van der Waals surface area contributed by atoms with Gasteiger partial charge in [0.05, 0.1) is 11.4 Å². The van der Waals surface area contributed by atoms with E-state index in [0.29, 0.717) is 6.42 Å². The van der Waals surface area contributed by atoms with Gasteiger partial charge in [0, 0.05) is 0 Å². The van der Waals surface area contributed by atoms with Crippen molar-refractivity contribution < 1.29 is 18.1 Å². The van der Waals surface area contributed by atoms with Crippen LogP contribution in [0.5, 0.6) is 0 Å². The molecule has 0 aromatic heterocycles. The second-order valence-electron chi connectivity index (χ2n) is 7.94. The van der Waals surface area contributed by atoms with Crippen LogP contribution in [-0.4, -0.2) is 29.4 Å². The maximum Gasteiger partial charge on any atom is 0.267 e. The van der Waals surface area contributed by atoms with Gasteiger partial charge in [-0.15, -0.1) is 0 Å². The average molecular weight is 393 g/mol. The summed E-state index contributed by atoms with van der Waals surface area (Å²) in [7, 11) is -3.84. The lowest BCUT2D eigenvalue weighted by Crippen LogP contribution is -2.16. The quantitative estimate of drug-likeness (QED) is 0.200. The van der Waals surface area contributed by atoms with E-state index in [1.54, 1.807) is 6.92 Å². The highest BCUT2D eigenvalue weighted by Gasteiger charge is 2.15. The highest BCUT2D eigenvalue weighted by Crippen LogP contribution is 2.15. The molecule has 0 amide bonds. The SMILES string of the molecule is CCCCCC(O)CCCCCCCCCCCCCC(C)S(=O)(=O)O. The zero-order valence-corrected chi connectivity index (χ0v) is 18.1. The molecule has 0 aliphatic rings. The molecule has 0 heterocycles. The lowest BCUT2D eigenvalue weighted by Gasteiger charge is -2.09. The van der Waals surface area contributed by atoms with Crippen molar-refractivity contribution in [2.45, 2.75) is 134 Å². The molecule has 0 aromatic carbocycles. The van der Waals surface area contributed by atoms with E-state index in [2.05, 4.69) is 6.92 Å². The minimum Gasteiger partial charge on any atom is -0.393 e. The lowest BCUT2D eigenvalue weighted by molar-refractivity contribution is 0.147. The summed E-state index contributed by atoms with van der Waals surface area (Å²) in [4.78, 5) is 0. The van der Waals surface area contributed by atoms with Crippen LogP contribution in [0.2, 0.25) is 0 Å². The van der Waals surface area contributed by atoms with Crippen LogP contribution in [0.1, 0.15) is 123 Å². The smallest absolute Gasteiger partial charge is 0.267 e. The molecule has 0 spiro atoms. The normalized spacial score (nSPS) is 14.5. The van der Waals surface area contributed by atoms with Gasteiger partial charge in [0.1, 0.15) is 0 Å². The molecule has 0 fully saturated rings. The largest absolute Gasteiger partial charge is 0.393 e. The molecule has 0 aliphatic carbocycles. The van der Waals surface area contributed by atoms with Gasteiger partial charge in [-0.25, -0.2) is 0 Å². The Bertz CT molecular complexity index is 395. The second-order valence-corrected chi connectivity index (χ2v) is 9.78. The van der Waals surface area contributed by atoms with Crippen molar-refractivity contribution in [1.29, 1.82) is 0 Å². The summed E-state index contributed by atoms with van der Waals surface area (Å²) in [5.74, 6) is 0. The van der Waals surface area contributed by atoms with Crippen LogP contribution in [0.15, 0.2) is 0 Å². The van der Waals surface area contributed by atoms with Gasteiger partial charge in [0.25, 0.3) is 10.1 Å². The predicted octanol–water partition coefficient (Wildman–Crippen LogP) is 6.28. The van der Waals surface area contributed by atoms with E-state index in [4.69, 9.17) is 4.55 Å². The fourth-order valence-corrected chi connectivity index (χ4v) is 3.79. The summed E-state index contributed by atoms with van der Waals surface area (Å²) in [5, 5.41) is 9.24. The number of hydrogen-bond donors (Lipinski definition) is 2. The monoisotopic (exact) mass is 392 g/mol. The molecule has 2 N–H and O–H groups in total. The molecule has 0 aliphatic heterocycles. The number of aliphatic hydroxyl groups excluding tert-OH is 1. The minimum absolute atomic E-state index is 0.0815. The Kier molecular flexibility index (Phi) is 16.9. The lowest BCUT2D eigenvalue weighted by atomic mass is 10.0. The molecule has 4 nitrogen and oxygen atoms in total. The third kappa shape index (κ3) is 17.3. The number of aliphatic hydroxyl groups is 1. The molecular weight excluding hydrogens is 348 g/mol. The fourth-order valence-electron chi connectivity index (χ4n) is 3.33. The Labute approximate surface area is 162 Å². The molecule has 0 aromatic rings. The van der Waals surface area contributed by atoms with Crippen molar-refractivity contribution >= 4 is 10.1 Å². The third-order valence-electron chi connectivity index (χ3n) is 5.30. The molecule has 2 atom stereocenters. The molecule has 5 heteroatoms. The number of rotatable bonds is 19. The standard InChI is InChI=1S/C21H44O4S/c1-3-4-14-18-21(22)19-16-13-11-9-7-5-6-8-10-12-15-17-20(2)26(23,24)25/h20-22H,3-19H2,1-2H3,(H,23,24,25). The first-order valence-electron chi connectivity index (χ1n) is 11.0. The van der Waals surface area contributed by atoms with E-state index in [9.17, 15) is 13.5 Å². The van der Waals surface area contributed by atoms with Gasteiger partial charge in [0.15, 0.2) is 0 Å². The highest BCUT2D eigenvalue weighted by atomic mass is 32.2. The summed E-state index contributed by atoms with van der Waals surface area (Å²) >= 11 is 0. The Morgan fingerprint density at radius 3 is 1.38 bits per heavy atom. The van der Waals surface area contributed by atoms with Crippen molar-refractivity contribution in [2.75, 3.05) is 0 Å². The third-order valence-corrected chi connectivity index (χ3v) is 6.55. The summed E-state index contributed by atoms with van der Waals surface area (Å²) in [6, 6.07) is 0. The summed E-state index contributed by atoms with van der Waals surface area (Å²) in [6.07, 6.45) is 19.2. The van der Waals surface area contributed by atoms with Crippen molar-refractivity contribution in [3.05, 3.63) is 0 Å². The maximum absolute atomic E-state index is 10.9. The number of hydrogen-bond acceptors (Lipinski definition) is 3. The van der Waals surface area contributed by atoms with E-state index in [1.165, 1.54) is 57.8 Å². The minimum atomic E-state index is -3.84. The zero-order chi connectivity index (χ0) is 19.7. The Morgan fingerprint density at radius 1 is 0.654 bits per heavy atom. The molecular formula is C21H44O4S. The van der Waals surface area contributed by atoms with Crippen LogP contribution in [0.25, 0.3) is 0 Å². The molecule has 158 valence electrons. The fraction of sp³-hybridized carbons (Fsp3) is 1.00. The molecule has 26 heavy (non-hydrogen) atoms. The van der Waals surface area contributed by atoms with Crippen LogP contribution in [0.3, 0.4) is 0 Å². The Hall–Kier alpha value is -0.130. The van der Waals surface area contributed by atoms with Crippen LogP contribution >= 0.6 is 0 Å². The number of unbranched alkanes of at least 4 members (excludes halogenated alkanes) is 12. The average Bonchev–Trinajstić information content (AvgIpc) is 2.58. The van der Waals surface area contributed by atoms with E-state index < -0.39 is 15.4 Å². The first-order chi connectivity index (χ1) is 12.4. The zero-order valence-electron chi connectivity index (χ0n) is 17.3. The van der Waals surface area contributed by atoms with Gasteiger partial charge >= 0.3 is 0 Å². The molecule has 2 unspecified atom stereocenters. The van der Waals surface area contributed by atoms with E-state index in [0.717, 1.165) is 44.9 Å². The first-order valence-corrected chi connectivity index (χ1v) is 12.5. The van der Waals surface area contributed by atoms with Crippen molar-refractivity contribution in [3.8, 4) is 0 Å². The molecule has 0 saturated heterocycles. The predicted molar refractivity (Wildman–Crippen MR) is 111 cm³/mol. The Morgan fingerprint density at radius 2 is 1.00 bits per heavy atom. The maximum atomic E-state index is 10.9. The van der Waals surface area contributed by atoms with E-state index in [1.807, 2.05) is 0 Å². The second kappa shape index (κ2) is 17.0. The van der Waals surface area contributed by atoms with E-state index >= 15 is 0 Å². The van der Waals surface area contributed by atoms with Gasteiger partial charge in [-0.1, -0.05) is 96.8 Å². The molecule has 0 saturated carbocycles. The summed E-state index contributed by atoms with van der Waals surface area (Å²) < 4.78 is 30.7. The van der Waals surface area contributed by atoms with Gasteiger partial charge in [-0.05, 0) is 26.2 Å². The van der Waals surface area contributed by atoms with Gasteiger partial charge in [-0.3, -0.25) is 4.55 Å². The first kappa shape index (κ1) is 25.9. The van der Waals surface area contributed by atoms with Crippen LogP contribution in [-0.2, 0) is 10.1 Å². The molecule has 0 rings (SSSR count). The van der Waals surface area contributed by atoms with Gasteiger partial charge < -0.3 is 5.11 Å². The summed E-state index contributed by atoms with van der Waals surface area (Å²) in [6.45, 7) is 3.77. The molecule has 0 bridgehead atoms. The van der Waals surface area contributed by atoms with E-state index in [-0.39, 0.29) is 6.10 Å². The van der Waals surface area contributed by atoms with Crippen LogP contribution in [0.4, 0.5) is 0 Å².